The Morgan fingerprint density at radius 1 is 1.18 bits per heavy atom. The van der Waals surface area contributed by atoms with E-state index in [1.165, 1.54) is 0 Å². The Morgan fingerprint density at radius 3 is 2.59 bits per heavy atom. The second-order valence-corrected chi connectivity index (χ2v) is 5.94. The van der Waals surface area contributed by atoms with Gasteiger partial charge in [0.05, 0.1) is 13.2 Å². The molecule has 1 fully saturated rings. The van der Waals surface area contributed by atoms with Crippen LogP contribution < -0.4 is 0 Å². The lowest BCUT2D eigenvalue weighted by atomic mass is 10.1. The first-order chi connectivity index (χ1) is 10.7. The number of benzene rings is 1. The molecule has 5 heteroatoms. The van der Waals surface area contributed by atoms with Gasteiger partial charge in [-0.2, -0.15) is 0 Å². The first-order valence-electron chi connectivity index (χ1n) is 7.85. The van der Waals surface area contributed by atoms with Crippen LogP contribution in [-0.2, 0) is 0 Å². The van der Waals surface area contributed by atoms with Crippen LogP contribution in [0.5, 0.6) is 0 Å². The fourth-order valence-electron chi connectivity index (χ4n) is 3.23. The van der Waals surface area contributed by atoms with E-state index in [9.17, 15) is 4.79 Å². The number of carbonyl (C=O) groups excluding carboxylic acids is 1. The normalized spacial score (nSPS) is 17.2. The van der Waals surface area contributed by atoms with Crippen molar-refractivity contribution in [3.05, 3.63) is 35.5 Å². The zero-order valence-electron chi connectivity index (χ0n) is 13.0. The molecule has 1 aromatic heterocycles. The summed E-state index contributed by atoms with van der Waals surface area (Å²) in [5.41, 5.74) is 2.80. The van der Waals surface area contributed by atoms with E-state index >= 15 is 0 Å². The van der Waals surface area contributed by atoms with E-state index in [0.29, 0.717) is 6.54 Å². The van der Waals surface area contributed by atoms with E-state index in [-0.39, 0.29) is 12.4 Å². The van der Waals surface area contributed by atoms with Crippen molar-refractivity contribution in [2.24, 2.45) is 0 Å². The minimum atomic E-state index is 0.186. The number of hydrogen-bond donors (Lipinski definition) is 2. The van der Waals surface area contributed by atoms with E-state index in [1.807, 2.05) is 31.2 Å². The van der Waals surface area contributed by atoms with Gasteiger partial charge in [-0.05, 0) is 13.0 Å². The van der Waals surface area contributed by atoms with Crippen molar-refractivity contribution in [1.29, 1.82) is 0 Å². The lowest BCUT2D eigenvalue weighted by Crippen LogP contribution is -2.48. The van der Waals surface area contributed by atoms with Gasteiger partial charge in [-0.15, -0.1) is 0 Å². The summed E-state index contributed by atoms with van der Waals surface area (Å²) in [6.07, 6.45) is 0. The lowest BCUT2D eigenvalue weighted by Gasteiger charge is -2.33. The maximum absolute atomic E-state index is 12.7. The Labute approximate surface area is 130 Å². The van der Waals surface area contributed by atoms with Crippen LogP contribution in [0.15, 0.2) is 24.3 Å². The predicted octanol–water partition coefficient (Wildman–Crippen LogP) is 1.27. The molecule has 118 valence electrons. The van der Waals surface area contributed by atoms with Gasteiger partial charge < -0.3 is 10.1 Å². The number of carbonyl (C=O) groups is 1. The maximum atomic E-state index is 12.7. The van der Waals surface area contributed by atoms with E-state index < -0.39 is 0 Å². The van der Waals surface area contributed by atoms with Gasteiger partial charge >= 0.3 is 0 Å². The van der Waals surface area contributed by atoms with Crippen LogP contribution in [-0.4, -0.2) is 71.5 Å². The molecule has 1 saturated heterocycles. The number of nitrogens with one attached hydrogen (secondary N) is 1. The second kappa shape index (κ2) is 6.60. The molecule has 0 atom stereocenters. The first kappa shape index (κ1) is 15.2. The highest BCUT2D eigenvalue weighted by molar-refractivity contribution is 6.10. The molecule has 0 aliphatic carbocycles. The number of H-pyrrole nitrogens is 1. The molecule has 1 aliphatic rings. The van der Waals surface area contributed by atoms with Crippen molar-refractivity contribution in [3.63, 3.8) is 0 Å². The Bertz CT molecular complexity index is 657. The Morgan fingerprint density at radius 2 is 1.86 bits per heavy atom. The molecule has 2 N–H and O–H groups in total. The number of Topliss-reactive ketones (excluding diaryl/α,β-unsaturated/α-hetero) is 1. The third-order valence-corrected chi connectivity index (χ3v) is 4.42. The molecule has 0 radical (unpaired) electrons. The molecule has 0 unspecified atom stereocenters. The molecule has 0 amide bonds. The number of hydrogen-bond acceptors (Lipinski definition) is 4. The summed E-state index contributed by atoms with van der Waals surface area (Å²) in [5, 5.41) is 9.99. The quantitative estimate of drug-likeness (QED) is 0.817. The number of aryl methyl sites for hydroxylation is 1. The summed E-state index contributed by atoms with van der Waals surface area (Å²) in [6.45, 7) is 6.96. The van der Waals surface area contributed by atoms with Gasteiger partial charge in [-0.1, -0.05) is 18.2 Å². The van der Waals surface area contributed by atoms with E-state index in [0.717, 1.165) is 54.9 Å². The van der Waals surface area contributed by atoms with E-state index in [2.05, 4.69) is 14.8 Å². The third kappa shape index (κ3) is 3.06. The average Bonchev–Trinajstić information content (AvgIpc) is 2.85. The molecule has 3 rings (SSSR count). The summed E-state index contributed by atoms with van der Waals surface area (Å²) in [5.74, 6) is 0.186. The van der Waals surface area contributed by atoms with Crippen molar-refractivity contribution in [1.82, 2.24) is 14.8 Å². The number of rotatable bonds is 5. The Kier molecular flexibility index (Phi) is 4.57. The van der Waals surface area contributed by atoms with Crippen LogP contribution in [0, 0.1) is 6.92 Å². The molecule has 1 aliphatic heterocycles. The SMILES string of the molecule is Cc1[nH]c2ccccc2c1C(=O)CN1CCN(CCO)CC1. The zero-order valence-corrected chi connectivity index (χ0v) is 13.0. The van der Waals surface area contributed by atoms with Gasteiger partial charge in [0.1, 0.15) is 0 Å². The van der Waals surface area contributed by atoms with Gasteiger partial charge in [0.25, 0.3) is 0 Å². The molecule has 0 saturated carbocycles. The number of β-amino-alcohol motifs (C(OH)–C–C–N with tert-alkyl or cyclic N) is 1. The largest absolute Gasteiger partial charge is 0.395 e. The predicted molar refractivity (Wildman–Crippen MR) is 87.3 cm³/mol. The van der Waals surface area contributed by atoms with Gasteiger partial charge in [-0.3, -0.25) is 14.6 Å². The topological polar surface area (TPSA) is 59.6 Å². The molecule has 0 bridgehead atoms. The lowest BCUT2D eigenvalue weighted by molar-refractivity contribution is 0.0823. The summed E-state index contributed by atoms with van der Waals surface area (Å²) < 4.78 is 0. The van der Waals surface area contributed by atoms with Gasteiger partial charge in [-0.25, -0.2) is 0 Å². The van der Waals surface area contributed by atoms with Crippen LogP contribution in [0.3, 0.4) is 0 Å². The molecule has 0 spiro atoms. The number of fused-ring (bicyclic) bond motifs is 1. The number of ketones is 1. The van der Waals surface area contributed by atoms with E-state index in [1.54, 1.807) is 0 Å². The van der Waals surface area contributed by atoms with Crippen molar-refractivity contribution in [2.45, 2.75) is 6.92 Å². The monoisotopic (exact) mass is 301 g/mol. The number of aromatic nitrogens is 1. The fourth-order valence-corrected chi connectivity index (χ4v) is 3.23. The van der Waals surface area contributed by atoms with Gasteiger partial charge in [0.2, 0.25) is 0 Å². The number of aliphatic hydroxyl groups is 1. The summed E-state index contributed by atoms with van der Waals surface area (Å²) >= 11 is 0. The maximum Gasteiger partial charge on any atom is 0.179 e. The van der Waals surface area contributed by atoms with Crippen molar-refractivity contribution >= 4 is 16.7 Å². The molecular formula is C17H23N3O2. The van der Waals surface area contributed by atoms with Gasteiger partial charge in [0, 0.05) is 54.9 Å². The van der Waals surface area contributed by atoms with Crippen LogP contribution >= 0.6 is 0 Å². The van der Waals surface area contributed by atoms with Crippen LogP contribution in [0.2, 0.25) is 0 Å². The average molecular weight is 301 g/mol. The number of nitrogens with zero attached hydrogens (tertiary/aromatic N) is 2. The van der Waals surface area contributed by atoms with E-state index in [4.69, 9.17) is 5.11 Å². The molecule has 2 aromatic rings. The molecule has 5 nitrogen and oxygen atoms in total. The first-order valence-corrected chi connectivity index (χ1v) is 7.85. The zero-order chi connectivity index (χ0) is 15.5. The minimum Gasteiger partial charge on any atom is -0.395 e. The summed E-state index contributed by atoms with van der Waals surface area (Å²) in [6, 6.07) is 7.96. The Hall–Kier alpha value is -1.69. The van der Waals surface area contributed by atoms with Crippen LogP contribution in [0.1, 0.15) is 16.1 Å². The molecule has 2 heterocycles. The van der Waals surface area contributed by atoms with Crippen LogP contribution in [0.4, 0.5) is 0 Å². The minimum absolute atomic E-state index is 0.186. The fraction of sp³-hybridized carbons (Fsp3) is 0.471. The van der Waals surface area contributed by atoms with Gasteiger partial charge in [0.15, 0.2) is 5.78 Å². The second-order valence-electron chi connectivity index (χ2n) is 5.94. The standard InChI is InChI=1S/C17H23N3O2/c1-13-17(14-4-2-3-5-15(14)18-13)16(22)12-20-8-6-19(7-9-20)10-11-21/h2-5,18,21H,6-12H2,1H3. The number of aliphatic hydroxyl groups excluding tert-OH is 1. The van der Waals surface area contributed by atoms with Crippen molar-refractivity contribution < 1.29 is 9.90 Å². The highest BCUT2D eigenvalue weighted by Gasteiger charge is 2.22. The number of piperazine rings is 1. The number of aromatic amines is 1. The highest BCUT2D eigenvalue weighted by Crippen LogP contribution is 2.22. The smallest absolute Gasteiger partial charge is 0.179 e. The molecular weight excluding hydrogens is 278 g/mol. The summed E-state index contributed by atoms with van der Waals surface area (Å²) in [4.78, 5) is 20.4. The highest BCUT2D eigenvalue weighted by atomic mass is 16.3. The van der Waals surface area contributed by atoms with Crippen molar-refractivity contribution in [3.8, 4) is 0 Å². The van der Waals surface area contributed by atoms with Crippen LogP contribution in [0.25, 0.3) is 10.9 Å². The molecule has 1 aromatic carbocycles. The summed E-state index contributed by atoms with van der Waals surface area (Å²) in [7, 11) is 0. The van der Waals surface area contributed by atoms with Crippen molar-refractivity contribution in [2.75, 3.05) is 45.9 Å². The molecule has 22 heavy (non-hydrogen) atoms. The Balaban J connectivity index is 1.68. The third-order valence-electron chi connectivity index (χ3n) is 4.42. The number of para-hydroxylation sites is 1.